The molecule has 0 unspecified atom stereocenters. The predicted octanol–water partition coefficient (Wildman–Crippen LogP) is 1.66. The van der Waals surface area contributed by atoms with Crippen LogP contribution in [0, 0.1) is 0 Å². The molecule has 0 aliphatic heterocycles. The first kappa shape index (κ1) is 16.4. The van der Waals surface area contributed by atoms with E-state index in [2.05, 4.69) is 15.7 Å². The van der Waals surface area contributed by atoms with Gasteiger partial charge in [-0.15, -0.1) is 0 Å². The van der Waals surface area contributed by atoms with Crippen LogP contribution in [0.15, 0.2) is 12.4 Å². The lowest BCUT2D eigenvalue weighted by atomic mass is 10.3. The molecule has 1 heterocycles. The first-order valence-electron chi connectivity index (χ1n) is 7.13. The van der Waals surface area contributed by atoms with E-state index in [0.29, 0.717) is 19.8 Å². The third-order valence-electron chi connectivity index (χ3n) is 2.87. The zero-order valence-electron chi connectivity index (χ0n) is 12.8. The number of aryl methyl sites for hydroxylation is 1. The number of rotatable bonds is 9. The highest BCUT2D eigenvalue weighted by atomic mass is 28.4. The predicted molar refractivity (Wildman–Crippen MR) is 75.6 cm³/mol. The molecule has 110 valence electrons. The molecule has 6 heteroatoms. The molecular weight excluding hydrogens is 260 g/mol. The first-order chi connectivity index (χ1) is 9.15. The van der Waals surface area contributed by atoms with Crippen LogP contribution in [0.1, 0.15) is 39.9 Å². The van der Waals surface area contributed by atoms with Gasteiger partial charge in [-0.1, -0.05) is 6.92 Å². The minimum atomic E-state index is -2.84. The molecule has 0 aliphatic rings. The summed E-state index contributed by atoms with van der Waals surface area (Å²) in [6.45, 7) is 9.84. The van der Waals surface area contributed by atoms with Crippen molar-refractivity contribution in [2.45, 2.75) is 40.5 Å². The monoisotopic (exact) mass is 287 g/mol. The number of hydrogen-bond acceptors (Lipinski definition) is 3. The van der Waals surface area contributed by atoms with Crippen LogP contribution < -0.4 is 4.23 Å². The Balaban J connectivity index is 3.21. The van der Waals surface area contributed by atoms with Crippen molar-refractivity contribution in [1.82, 2.24) is 4.57 Å². The van der Waals surface area contributed by atoms with Gasteiger partial charge in [-0.2, -0.15) is 0 Å². The lowest BCUT2D eigenvalue weighted by molar-refractivity contribution is -0.603. The van der Waals surface area contributed by atoms with Crippen LogP contribution >= 0.6 is 0 Å². The van der Waals surface area contributed by atoms with E-state index in [0.717, 1.165) is 12.8 Å². The normalized spacial score (nSPS) is 12.1. The molecular formula is C13H27N2O3Si+. The Morgan fingerprint density at radius 3 is 2.00 bits per heavy atom. The Bertz CT molecular complexity index is 365. The Labute approximate surface area is 117 Å². The molecule has 0 spiro atoms. The van der Waals surface area contributed by atoms with Crippen molar-refractivity contribution in [2.75, 3.05) is 19.8 Å². The summed E-state index contributed by atoms with van der Waals surface area (Å²) in [7, 11) is -0.791. The van der Waals surface area contributed by atoms with Crippen molar-refractivity contribution < 1.29 is 17.5 Å². The molecule has 19 heavy (non-hydrogen) atoms. The average molecular weight is 287 g/mol. The molecule has 0 aromatic carbocycles. The van der Waals surface area contributed by atoms with Gasteiger partial charge in [-0.25, -0.2) is 8.80 Å². The van der Waals surface area contributed by atoms with E-state index in [4.69, 9.17) is 13.3 Å². The second kappa shape index (κ2) is 7.79. The second-order valence-electron chi connectivity index (χ2n) is 4.27. The number of nitrogens with zero attached hydrogens (tertiary/aromatic N) is 2. The maximum absolute atomic E-state index is 5.94. The Hall–Kier alpha value is -0.693. The van der Waals surface area contributed by atoms with Gasteiger partial charge in [0.2, 0.25) is 5.82 Å². The van der Waals surface area contributed by atoms with E-state index in [1.165, 1.54) is 5.82 Å². The van der Waals surface area contributed by atoms with E-state index in [-0.39, 0.29) is 0 Å². The van der Waals surface area contributed by atoms with Gasteiger partial charge in [0.25, 0.3) is 0 Å². The topological polar surface area (TPSA) is 36.5 Å². The molecule has 0 aliphatic carbocycles. The molecule has 1 aromatic heterocycles. The minimum Gasteiger partial charge on any atom is -0.338 e. The van der Waals surface area contributed by atoms with Gasteiger partial charge in [0.1, 0.15) is 12.4 Å². The summed E-state index contributed by atoms with van der Waals surface area (Å²) in [5, 5.41) is 0. The van der Waals surface area contributed by atoms with E-state index in [9.17, 15) is 0 Å². The summed E-state index contributed by atoms with van der Waals surface area (Å²) >= 11 is 0. The molecule has 0 N–H and O–H groups in total. The lowest BCUT2D eigenvalue weighted by Gasteiger charge is -2.24. The third kappa shape index (κ3) is 3.66. The molecule has 0 fully saturated rings. The van der Waals surface area contributed by atoms with Crippen LogP contribution in [0.5, 0.6) is 0 Å². The molecule has 0 bridgehead atoms. The van der Waals surface area contributed by atoms with E-state index >= 15 is 0 Å². The van der Waals surface area contributed by atoms with Crippen molar-refractivity contribution in [2.24, 2.45) is 7.05 Å². The third-order valence-corrected chi connectivity index (χ3v) is 5.83. The lowest BCUT2D eigenvalue weighted by Crippen LogP contribution is -2.71. The Morgan fingerprint density at radius 2 is 1.58 bits per heavy atom. The maximum Gasteiger partial charge on any atom is 0.757 e. The minimum absolute atomic E-state index is 0.583. The molecule has 1 rings (SSSR count). The van der Waals surface area contributed by atoms with Crippen LogP contribution in [0.4, 0.5) is 0 Å². The first-order valence-corrected chi connectivity index (χ1v) is 8.80. The van der Waals surface area contributed by atoms with Gasteiger partial charge >= 0.3 is 8.97 Å². The number of imidazole rings is 1. The van der Waals surface area contributed by atoms with E-state index in [1.807, 2.05) is 40.2 Å². The largest absolute Gasteiger partial charge is 0.757 e. The fraction of sp³-hybridized carbons (Fsp3) is 0.769. The van der Waals surface area contributed by atoms with Gasteiger partial charge in [0.15, 0.2) is 0 Å². The van der Waals surface area contributed by atoms with Gasteiger partial charge in [-0.3, -0.25) is 0 Å². The number of hydrogen-bond donors (Lipinski definition) is 0. The summed E-state index contributed by atoms with van der Waals surface area (Å²) in [6.07, 6.45) is 6.10. The fourth-order valence-electron chi connectivity index (χ4n) is 2.16. The second-order valence-corrected chi connectivity index (χ2v) is 6.66. The highest BCUT2D eigenvalue weighted by Crippen LogP contribution is 2.10. The molecule has 0 saturated carbocycles. The molecule has 0 radical (unpaired) electrons. The zero-order valence-corrected chi connectivity index (χ0v) is 13.8. The van der Waals surface area contributed by atoms with Crippen molar-refractivity contribution in [3.63, 3.8) is 0 Å². The zero-order chi connectivity index (χ0) is 14.3. The summed E-state index contributed by atoms with van der Waals surface area (Å²) < 4.78 is 22.0. The molecule has 0 saturated heterocycles. The molecule has 0 amide bonds. The average Bonchev–Trinajstić information content (AvgIpc) is 2.73. The molecule has 5 nitrogen and oxygen atoms in total. The Morgan fingerprint density at radius 1 is 1.05 bits per heavy atom. The van der Waals surface area contributed by atoms with Crippen molar-refractivity contribution in [3.05, 3.63) is 18.2 Å². The standard InChI is InChI=1S/C13H27N2O3Si/c1-6-10-13-14(5)11-12-15(13)19(16-7-2,17-8-3)18-9-4/h11-12H,6-10H2,1-5H3/q+1. The van der Waals surface area contributed by atoms with Crippen molar-refractivity contribution in [1.29, 1.82) is 0 Å². The molecule has 1 aromatic rings. The summed E-state index contributed by atoms with van der Waals surface area (Å²) in [4.78, 5) is 0. The fourth-order valence-corrected chi connectivity index (χ4v) is 4.76. The van der Waals surface area contributed by atoms with Crippen LogP contribution in [0.25, 0.3) is 0 Å². The highest BCUT2D eigenvalue weighted by molar-refractivity contribution is 6.51. The van der Waals surface area contributed by atoms with Crippen molar-refractivity contribution >= 4 is 8.97 Å². The maximum atomic E-state index is 5.94. The summed E-state index contributed by atoms with van der Waals surface area (Å²) in [5.41, 5.74) is 0. The SMILES string of the molecule is CCCc1n(C)cc[n+]1[Si](OCC)(OCC)OCC. The van der Waals surface area contributed by atoms with Crippen LogP contribution in [-0.2, 0) is 26.7 Å². The van der Waals surface area contributed by atoms with E-state index in [1.54, 1.807) is 0 Å². The van der Waals surface area contributed by atoms with Gasteiger partial charge < -0.3 is 13.3 Å². The number of aromatic nitrogens is 2. The van der Waals surface area contributed by atoms with Crippen LogP contribution in [-0.4, -0.2) is 33.4 Å². The van der Waals surface area contributed by atoms with Crippen LogP contribution in [0.3, 0.4) is 0 Å². The Kier molecular flexibility index (Phi) is 6.71. The van der Waals surface area contributed by atoms with Gasteiger partial charge in [0, 0.05) is 26.2 Å². The smallest absolute Gasteiger partial charge is 0.338 e. The van der Waals surface area contributed by atoms with Crippen molar-refractivity contribution in [3.8, 4) is 0 Å². The van der Waals surface area contributed by atoms with E-state index < -0.39 is 8.97 Å². The van der Waals surface area contributed by atoms with Gasteiger partial charge in [0.05, 0.1) is 7.05 Å². The molecule has 0 atom stereocenters. The quantitative estimate of drug-likeness (QED) is 0.648. The summed E-state index contributed by atoms with van der Waals surface area (Å²) in [5.74, 6) is 1.18. The van der Waals surface area contributed by atoms with Crippen LogP contribution in [0.2, 0.25) is 0 Å². The summed E-state index contributed by atoms with van der Waals surface area (Å²) in [6, 6.07) is 0. The van der Waals surface area contributed by atoms with Gasteiger partial charge in [-0.05, 0) is 27.2 Å². The highest BCUT2D eigenvalue weighted by Gasteiger charge is 2.54.